The molecule has 0 bridgehead atoms. The molecule has 0 radical (unpaired) electrons. The molecule has 3 rings (SSSR count). The Bertz CT molecular complexity index is 858. The van der Waals surface area contributed by atoms with E-state index in [1.165, 1.54) is 0 Å². The molecule has 0 spiro atoms. The molecule has 0 unspecified atom stereocenters. The van der Waals surface area contributed by atoms with Crippen LogP contribution in [0.15, 0.2) is 59.1 Å². The smallest absolute Gasteiger partial charge is 0.324 e. The molecule has 0 N–H and O–H groups in total. The summed E-state index contributed by atoms with van der Waals surface area (Å²) in [7, 11) is 0. The Morgan fingerprint density at radius 1 is 0.893 bits per heavy atom. The maximum Gasteiger partial charge on any atom is 0.324 e. The highest BCUT2D eigenvalue weighted by atomic mass is 79.9. The fraction of sp³-hybridized carbons (Fsp3) is 0.318. The summed E-state index contributed by atoms with van der Waals surface area (Å²) in [6.45, 7) is 3.56. The molecule has 146 valence electrons. The number of hydrogen-bond donors (Lipinski definition) is 0. The summed E-state index contributed by atoms with van der Waals surface area (Å²) in [6, 6.07) is 16.0. The Kier molecular flexibility index (Phi) is 5.98. The number of esters is 2. The van der Waals surface area contributed by atoms with E-state index < -0.39 is 29.2 Å². The number of benzene rings is 2. The van der Waals surface area contributed by atoms with Gasteiger partial charge in [-0.3, -0.25) is 14.4 Å². The molecule has 0 aliphatic heterocycles. The van der Waals surface area contributed by atoms with Gasteiger partial charge in [-0.05, 0) is 31.5 Å². The van der Waals surface area contributed by atoms with Crippen LogP contribution < -0.4 is 0 Å². The summed E-state index contributed by atoms with van der Waals surface area (Å²) in [4.78, 5) is 39.2. The summed E-state index contributed by atoms with van der Waals surface area (Å²) in [5, 5.41) is 0. The molecule has 6 heteroatoms. The van der Waals surface area contributed by atoms with Crippen LogP contribution in [0.5, 0.6) is 0 Å². The quantitative estimate of drug-likeness (QED) is 0.364. The second-order valence-corrected chi connectivity index (χ2v) is 7.46. The van der Waals surface area contributed by atoms with Crippen LogP contribution in [-0.4, -0.2) is 30.9 Å². The van der Waals surface area contributed by atoms with Crippen molar-refractivity contribution in [2.45, 2.75) is 19.8 Å². The number of hydrogen-bond acceptors (Lipinski definition) is 5. The van der Waals surface area contributed by atoms with Gasteiger partial charge in [0.05, 0.1) is 19.1 Å². The van der Waals surface area contributed by atoms with Crippen molar-refractivity contribution in [2.24, 2.45) is 11.3 Å². The lowest BCUT2D eigenvalue weighted by Gasteiger charge is -2.15. The van der Waals surface area contributed by atoms with Crippen LogP contribution in [0.25, 0.3) is 0 Å². The highest BCUT2D eigenvalue weighted by Crippen LogP contribution is 2.67. The maximum atomic E-state index is 13.3. The molecule has 1 saturated carbocycles. The minimum atomic E-state index is -1.66. The van der Waals surface area contributed by atoms with E-state index in [0.29, 0.717) is 5.56 Å². The second kappa shape index (κ2) is 8.27. The van der Waals surface area contributed by atoms with Gasteiger partial charge in [0.15, 0.2) is 11.2 Å². The topological polar surface area (TPSA) is 69.7 Å². The molecule has 0 amide bonds. The van der Waals surface area contributed by atoms with Gasteiger partial charge in [0.1, 0.15) is 0 Å². The molecule has 1 aliphatic rings. The third-order valence-electron chi connectivity index (χ3n) is 5.00. The number of ether oxygens (including phenoxy) is 2. The third kappa shape index (κ3) is 3.37. The Hall–Kier alpha value is -2.47. The van der Waals surface area contributed by atoms with Gasteiger partial charge in [0.25, 0.3) is 0 Å². The Morgan fingerprint density at radius 2 is 1.43 bits per heavy atom. The van der Waals surface area contributed by atoms with Crippen LogP contribution in [0.4, 0.5) is 0 Å². The zero-order valence-electron chi connectivity index (χ0n) is 15.7. The number of carbonyl (C=O) groups excluding carboxylic acids is 3. The van der Waals surface area contributed by atoms with Gasteiger partial charge >= 0.3 is 11.9 Å². The van der Waals surface area contributed by atoms with Crippen LogP contribution in [0.2, 0.25) is 0 Å². The average Bonchev–Trinajstić information content (AvgIpc) is 3.40. The summed E-state index contributed by atoms with van der Waals surface area (Å²) < 4.78 is 11.3. The van der Waals surface area contributed by atoms with Crippen molar-refractivity contribution >= 4 is 33.7 Å². The number of rotatable bonds is 7. The third-order valence-corrected chi connectivity index (χ3v) is 5.53. The summed E-state index contributed by atoms with van der Waals surface area (Å²) in [5.41, 5.74) is -0.485. The van der Waals surface area contributed by atoms with Gasteiger partial charge in [-0.1, -0.05) is 58.4 Å². The summed E-state index contributed by atoms with van der Waals surface area (Å²) >= 11 is 3.35. The zero-order valence-corrected chi connectivity index (χ0v) is 17.3. The van der Waals surface area contributed by atoms with Gasteiger partial charge in [-0.25, -0.2) is 0 Å². The Labute approximate surface area is 172 Å². The largest absolute Gasteiger partial charge is 0.465 e. The minimum Gasteiger partial charge on any atom is -0.465 e. The molecule has 2 aromatic rings. The molecule has 0 aromatic heterocycles. The number of halogens is 1. The molecule has 2 atom stereocenters. The zero-order chi connectivity index (χ0) is 20.3. The van der Waals surface area contributed by atoms with Gasteiger partial charge in [-0.2, -0.15) is 0 Å². The van der Waals surface area contributed by atoms with Gasteiger partial charge < -0.3 is 9.47 Å². The standard InChI is InChI=1S/C22H21BrO5/c1-3-27-20(25)22(21(26)28-4-2)17(14-8-6-5-7-9-14)18(22)19(24)15-10-12-16(23)13-11-15/h5-13,17-18H,3-4H2,1-2H3/t17-,18+/m1/s1. The first-order chi connectivity index (χ1) is 13.5. The molecular formula is C22H21BrO5. The SMILES string of the molecule is CCOC(=O)C1(C(=O)OCC)[C@H](C(=O)c2ccc(Br)cc2)[C@H]1c1ccccc1. The van der Waals surface area contributed by atoms with Gasteiger partial charge in [0, 0.05) is 16.0 Å². The fourth-order valence-corrected chi connectivity index (χ4v) is 4.01. The molecule has 1 fully saturated rings. The van der Waals surface area contributed by atoms with Crippen LogP contribution in [0, 0.1) is 11.3 Å². The van der Waals surface area contributed by atoms with Crippen LogP contribution >= 0.6 is 15.9 Å². The lowest BCUT2D eigenvalue weighted by atomic mass is 9.97. The molecule has 28 heavy (non-hydrogen) atoms. The maximum absolute atomic E-state index is 13.3. The molecular weight excluding hydrogens is 424 g/mol. The average molecular weight is 445 g/mol. The van der Waals surface area contributed by atoms with Crippen molar-refractivity contribution in [1.29, 1.82) is 0 Å². The van der Waals surface area contributed by atoms with Crippen LogP contribution in [-0.2, 0) is 19.1 Å². The van der Waals surface area contributed by atoms with Crippen molar-refractivity contribution in [3.8, 4) is 0 Å². The van der Waals surface area contributed by atoms with E-state index in [1.807, 2.05) is 30.3 Å². The molecule has 1 aliphatic carbocycles. The number of Topliss-reactive ketones (excluding diaryl/α,β-unsaturated/α-hetero) is 1. The van der Waals surface area contributed by atoms with Crippen LogP contribution in [0.3, 0.4) is 0 Å². The first kappa shape index (κ1) is 20.3. The molecule has 2 aromatic carbocycles. The fourth-order valence-electron chi connectivity index (χ4n) is 3.75. The van der Waals surface area contributed by atoms with Crippen molar-refractivity contribution in [2.75, 3.05) is 13.2 Å². The number of ketones is 1. The van der Waals surface area contributed by atoms with E-state index in [1.54, 1.807) is 38.1 Å². The van der Waals surface area contributed by atoms with E-state index in [9.17, 15) is 14.4 Å². The summed E-state index contributed by atoms with van der Waals surface area (Å²) in [5.74, 6) is -3.19. The van der Waals surface area contributed by atoms with Crippen molar-refractivity contribution in [3.05, 3.63) is 70.2 Å². The van der Waals surface area contributed by atoms with Gasteiger partial charge in [0.2, 0.25) is 0 Å². The van der Waals surface area contributed by atoms with Crippen molar-refractivity contribution < 1.29 is 23.9 Å². The van der Waals surface area contributed by atoms with Crippen molar-refractivity contribution in [3.63, 3.8) is 0 Å². The lowest BCUT2D eigenvalue weighted by Crippen LogP contribution is -2.34. The van der Waals surface area contributed by atoms with Gasteiger partial charge in [-0.15, -0.1) is 0 Å². The van der Waals surface area contributed by atoms with E-state index in [4.69, 9.17) is 9.47 Å². The minimum absolute atomic E-state index is 0.112. The Morgan fingerprint density at radius 3 is 1.93 bits per heavy atom. The highest BCUT2D eigenvalue weighted by Gasteiger charge is 2.79. The molecule has 5 nitrogen and oxygen atoms in total. The molecule has 0 heterocycles. The molecule has 0 saturated heterocycles. The van der Waals surface area contributed by atoms with E-state index in [-0.39, 0.29) is 19.0 Å². The highest BCUT2D eigenvalue weighted by molar-refractivity contribution is 9.10. The Balaban J connectivity index is 2.09. The van der Waals surface area contributed by atoms with E-state index in [0.717, 1.165) is 10.0 Å². The van der Waals surface area contributed by atoms with E-state index in [2.05, 4.69) is 15.9 Å². The summed E-state index contributed by atoms with van der Waals surface area (Å²) in [6.07, 6.45) is 0. The normalized spacial score (nSPS) is 19.5. The first-order valence-corrected chi connectivity index (χ1v) is 9.96. The first-order valence-electron chi connectivity index (χ1n) is 9.17. The predicted molar refractivity (Wildman–Crippen MR) is 107 cm³/mol. The lowest BCUT2D eigenvalue weighted by molar-refractivity contribution is -0.165. The second-order valence-electron chi connectivity index (χ2n) is 6.55. The number of carbonyl (C=O) groups is 3. The predicted octanol–water partition coefficient (Wildman–Crippen LogP) is 4.16. The van der Waals surface area contributed by atoms with E-state index >= 15 is 0 Å². The van der Waals surface area contributed by atoms with Crippen LogP contribution in [0.1, 0.15) is 35.7 Å². The monoisotopic (exact) mass is 444 g/mol. The van der Waals surface area contributed by atoms with Crippen molar-refractivity contribution in [1.82, 2.24) is 0 Å².